The van der Waals surface area contributed by atoms with Crippen molar-refractivity contribution in [1.82, 2.24) is 0 Å². The maximum absolute atomic E-state index is 11.6. The first kappa shape index (κ1) is 9.98. The smallest absolute Gasteiger partial charge is 0.338 e. The van der Waals surface area contributed by atoms with Crippen LogP contribution in [-0.2, 0) is 9.47 Å². The van der Waals surface area contributed by atoms with Gasteiger partial charge in [0, 0.05) is 5.69 Å². The summed E-state index contributed by atoms with van der Waals surface area (Å²) in [5, 5.41) is 0. The Hall–Kier alpha value is -1.55. The monoisotopic (exact) mass is 207 g/mol. The van der Waals surface area contributed by atoms with E-state index in [4.69, 9.17) is 15.2 Å². The molecular weight excluding hydrogens is 194 g/mol. The lowest BCUT2D eigenvalue weighted by atomic mass is 10.1. The molecule has 15 heavy (non-hydrogen) atoms. The number of aryl methyl sites for hydroxylation is 1. The van der Waals surface area contributed by atoms with Gasteiger partial charge >= 0.3 is 5.97 Å². The van der Waals surface area contributed by atoms with Crippen LogP contribution in [0.15, 0.2) is 18.2 Å². The van der Waals surface area contributed by atoms with Crippen LogP contribution in [-0.4, -0.2) is 25.3 Å². The maximum Gasteiger partial charge on any atom is 0.338 e. The fourth-order valence-electron chi connectivity index (χ4n) is 1.27. The van der Waals surface area contributed by atoms with Crippen LogP contribution in [0, 0.1) is 6.92 Å². The Bertz CT molecular complexity index is 385. The van der Waals surface area contributed by atoms with Crippen molar-refractivity contribution in [2.45, 2.75) is 13.0 Å². The molecule has 0 radical (unpaired) electrons. The van der Waals surface area contributed by atoms with Crippen LogP contribution < -0.4 is 5.73 Å². The number of carbonyl (C=O) groups excluding carboxylic acids is 1. The Morgan fingerprint density at radius 2 is 2.27 bits per heavy atom. The molecule has 0 saturated carbocycles. The van der Waals surface area contributed by atoms with Gasteiger partial charge in [-0.2, -0.15) is 0 Å². The van der Waals surface area contributed by atoms with E-state index in [9.17, 15) is 4.79 Å². The zero-order valence-corrected chi connectivity index (χ0v) is 8.53. The fourth-order valence-corrected chi connectivity index (χ4v) is 1.27. The van der Waals surface area contributed by atoms with Crippen molar-refractivity contribution in [2.75, 3.05) is 18.9 Å². The molecule has 80 valence electrons. The molecule has 1 aromatic carbocycles. The molecule has 2 rings (SSSR count). The number of rotatable bonds is 2. The lowest BCUT2D eigenvalue weighted by molar-refractivity contribution is -0.103. The lowest BCUT2D eigenvalue weighted by Gasteiger charge is -2.25. The molecule has 1 aromatic rings. The van der Waals surface area contributed by atoms with E-state index < -0.39 is 0 Å². The zero-order chi connectivity index (χ0) is 10.8. The molecule has 1 aliphatic rings. The summed E-state index contributed by atoms with van der Waals surface area (Å²) in [6.07, 6.45) is -0.0972. The molecule has 1 aliphatic heterocycles. The second-order valence-corrected chi connectivity index (χ2v) is 3.64. The average Bonchev–Trinajstić information content (AvgIpc) is 2.15. The molecule has 4 heteroatoms. The minimum atomic E-state index is -0.338. The van der Waals surface area contributed by atoms with Gasteiger partial charge in [-0.3, -0.25) is 0 Å². The third kappa shape index (κ3) is 2.10. The fraction of sp³-hybridized carbons (Fsp3) is 0.364. The summed E-state index contributed by atoms with van der Waals surface area (Å²) in [4.78, 5) is 11.6. The SMILES string of the molecule is Cc1ccc(C(=O)OC2COC2)cc1N. The van der Waals surface area contributed by atoms with E-state index in [2.05, 4.69) is 0 Å². The number of carbonyl (C=O) groups is 1. The molecule has 0 unspecified atom stereocenters. The van der Waals surface area contributed by atoms with E-state index in [0.717, 1.165) is 5.56 Å². The van der Waals surface area contributed by atoms with E-state index >= 15 is 0 Å². The average molecular weight is 207 g/mol. The molecule has 0 atom stereocenters. The van der Waals surface area contributed by atoms with E-state index in [1.807, 2.05) is 13.0 Å². The minimum Gasteiger partial charge on any atom is -0.454 e. The number of hydrogen-bond acceptors (Lipinski definition) is 4. The van der Waals surface area contributed by atoms with Crippen molar-refractivity contribution in [1.29, 1.82) is 0 Å². The van der Waals surface area contributed by atoms with Crippen LogP contribution in [0.2, 0.25) is 0 Å². The lowest BCUT2D eigenvalue weighted by Crippen LogP contribution is -2.37. The Morgan fingerprint density at radius 1 is 1.53 bits per heavy atom. The number of nitrogen functional groups attached to an aromatic ring is 1. The van der Waals surface area contributed by atoms with Crippen molar-refractivity contribution in [3.63, 3.8) is 0 Å². The normalized spacial score (nSPS) is 15.8. The summed E-state index contributed by atoms with van der Waals surface area (Å²) >= 11 is 0. The topological polar surface area (TPSA) is 61.5 Å². The summed E-state index contributed by atoms with van der Waals surface area (Å²) in [5.41, 5.74) is 7.76. The highest BCUT2D eigenvalue weighted by atomic mass is 16.6. The first-order valence-corrected chi connectivity index (χ1v) is 4.81. The molecule has 0 amide bonds. The molecule has 1 saturated heterocycles. The summed E-state index contributed by atoms with van der Waals surface area (Å²) < 4.78 is 10.1. The van der Waals surface area contributed by atoms with Crippen molar-refractivity contribution in [2.24, 2.45) is 0 Å². The Kier molecular flexibility index (Phi) is 2.60. The highest BCUT2D eigenvalue weighted by molar-refractivity contribution is 5.90. The van der Waals surface area contributed by atoms with Crippen molar-refractivity contribution in [3.05, 3.63) is 29.3 Å². The van der Waals surface area contributed by atoms with Crippen molar-refractivity contribution >= 4 is 11.7 Å². The second-order valence-electron chi connectivity index (χ2n) is 3.64. The highest BCUT2D eigenvalue weighted by Gasteiger charge is 2.23. The van der Waals surface area contributed by atoms with Crippen LogP contribution >= 0.6 is 0 Å². The van der Waals surface area contributed by atoms with Gasteiger partial charge in [0.2, 0.25) is 0 Å². The Morgan fingerprint density at radius 3 is 2.80 bits per heavy atom. The predicted molar refractivity (Wildman–Crippen MR) is 55.6 cm³/mol. The number of hydrogen-bond donors (Lipinski definition) is 1. The molecular formula is C11H13NO3. The van der Waals surface area contributed by atoms with Gasteiger partial charge in [0.25, 0.3) is 0 Å². The van der Waals surface area contributed by atoms with Crippen LogP contribution in [0.5, 0.6) is 0 Å². The quantitative estimate of drug-likeness (QED) is 0.583. The van der Waals surface area contributed by atoms with Crippen LogP contribution in [0.3, 0.4) is 0 Å². The summed E-state index contributed by atoms with van der Waals surface area (Å²) in [7, 11) is 0. The van der Waals surface area contributed by atoms with Gasteiger partial charge in [0.15, 0.2) is 0 Å². The van der Waals surface area contributed by atoms with Crippen molar-refractivity contribution < 1.29 is 14.3 Å². The third-order valence-corrected chi connectivity index (χ3v) is 2.40. The van der Waals surface area contributed by atoms with Gasteiger partial charge in [-0.25, -0.2) is 4.79 Å². The molecule has 0 bridgehead atoms. The summed E-state index contributed by atoms with van der Waals surface area (Å²) in [5.74, 6) is -0.338. The molecule has 2 N–H and O–H groups in total. The molecule has 0 spiro atoms. The molecule has 1 heterocycles. The van der Waals surface area contributed by atoms with Gasteiger partial charge in [-0.1, -0.05) is 6.07 Å². The number of esters is 1. The summed E-state index contributed by atoms with van der Waals surface area (Å²) in [6.45, 7) is 2.88. The molecule has 1 fully saturated rings. The van der Waals surface area contributed by atoms with Gasteiger partial charge in [0.1, 0.15) is 6.10 Å². The van der Waals surface area contributed by atoms with Gasteiger partial charge in [0.05, 0.1) is 18.8 Å². The first-order chi connectivity index (χ1) is 7.16. The Balaban J connectivity index is 2.07. The number of benzene rings is 1. The van der Waals surface area contributed by atoms with Crippen LogP contribution in [0.1, 0.15) is 15.9 Å². The number of nitrogens with two attached hydrogens (primary N) is 1. The van der Waals surface area contributed by atoms with Gasteiger partial charge < -0.3 is 15.2 Å². The minimum absolute atomic E-state index is 0.0972. The van der Waals surface area contributed by atoms with E-state index in [0.29, 0.717) is 24.5 Å². The maximum atomic E-state index is 11.6. The molecule has 4 nitrogen and oxygen atoms in total. The largest absolute Gasteiger partial charge is 0.454 e. The first-order valence-electron chi connectivity index (χ1n) is 4.81. The Labute approximate surface area is 88.0 Å². The second kappa shape index (κ2) is 3.90. The van der Waals surface area contributed by atoms with Crippen LogP contribution in [0.25, 0.3) is 0 Å². The number of ether oxygens (including phenoxy) is 2. The van der Waals surface area contributed by atoms with Crippen molar-refractivity contribution in [3.8, 4) is 0 Å². The number of anilines is 1. The van der Waals surface area contributed by atoms with Gasteiger partial charge in [-0.15, -0.1) is 0 Å². The van der Waals surface area contributed by atoms with E-state index in [1.165, 1.54) is 0 Å². The molecule has 0 aliphatic carbocycles. The standard InChI is InChI=1S/C11H13NO3/c1-7-2-3-8(4-10(7)12)11(13)15-9-5-14-6-9/h2-4,9H,5-6,12H2,1H3. The summed E-state index contributed by atoms with van der Waals surface area (Å²) in [6, 6.07) is 5.16. The van der Waals surface area contributed by atoms with Gasteiger partial charge in [-0.05, 0) is 24.6 Å². The van der Waals surface area contributed by atoms with Crippen LogP contribution in [0.4, 0.5) is 5.69 Å². The van der Waals surface area contributed by atoms with E-state index in [-0.39, 0.29) is 12.1 Å². The zero-order valence-electron chi connectivity index (χ0n) is 8.53. The predicted octanol–water partition coefficient (Wildman–Crippen LogP) is 1.13. The highest BCUT2D eigenvalue weighted by Crippen LogP contribution is 2.15. The van der Waals surface area contributed by atoms with E-state index in [1.54, 1.807) is 12.1 Å². The third-order valence-electron chi connectivity index (χ3n) is 2.40. The molecule has 0 aromatic heterocycles.